The molecule has 1 aromatic carbocycles. The average molecular weight is 274 g/mol. The zero-order valence-electron chi connectivity index (χ0n) is 13.1. The molecular weight excluding hydrogens is 244 g/mol. The Morgan fingerprint density at radius 2 is 2.10 bits per heavy atom. The van der Waals surface area contributed by atoms with Crippen LogP contribution in [0.1, 0.15) is 50.2 Å². The summed E-state index contributed by atoms with van der Waals surface area (Å²) in [7, 11) is 0. The van der Waals surface area contributed by atoms with E-state index in [9.17, 15) is 0 Å². The summed E-state index contributed by atoms with van der Waals surface area (Å²) in [5.74, 6) is 0. The summed E-state index contributed by atoms with van der Waals surface area (Å²) in [6.45, 7) is 6.82. The van der Waals surface area contributed by atoms with Crippen LogP contribution in [0.5, 0.6) is 0 Å². The van der Waals surface area contributed by atoms with Crippen molar-refractivity contribution in [1.29, 1.82) is 0 Å². The van der Waals surface area contributed by atoms with Crippen LogP contribution in [0, 0.1) is 6.92 Å². The van der Waals surface area contributed by atoms with E-state index >= 15 is 0 Å². The second-order valence-electron chi connectivity index (χ2n) is 6.27. The summed E-state index contributed by atoms with van der Waals surface area (Å²) in [6.07, 6.45) is 7.89. The van der Waals surface area contributed by atoms with E-state index in [1.807, 2.05) is 0 Å². The Morgan fingerprint density at radius 1 is 1.25 bits per heavy atom. The van der Waals surface area contributed by atoms with Gasteiger partial charge in [0.15, 0.2) is 0 Å². The van der Waals surface area contributed by atoms with Gasteiger partial charge in [0.1, 0.15) is 0 Å². The van der Waals surface area contributed by atoms with Gasteiger partial charge in [0.2, 0.25) is 0 Å². The molecule has 0 aromatic heterocycles. The molecule has 1 heterocycles. The van der Waals surface area contributed by atoms with Crippen LogP contribution < -0.4 is 10.6 Å². The van der Waals surface area contributed by atoms with Gasteiger partial charge in [0, 0.05) is 12.1 Å². The molecule has 0 radical (unpaired) electrons. The zero-order valence-corrected chi connectivity index (χ0v) is 13.1. The molecule has 0 aliphatic carbocycles. The standard InChI is InChI=1S/C18H30N2/c1-15-8-5-6-9-17(15)11-13-19-16(2)14-18-10-4-3-7-12-20-18/h5-6,8-9,16,18-20H,3-4,7,10-14H2,1-2H3. The quantitative estimate of drug-likeness (QED) is 0.830. The van der Waals surface area contributed by atoms with Gasteiger partial charge in [-0.15, -0.1) is 0 Å². The van der Waals surface area contributed by atoms with Crippen LogP contribution in [0.3, 0.4) is 0 Å². The first-order valence-electron chi connectivity index (χ1n) is 8.27. The largest absolute Gasteiger partial charge is 0.314 e. The van der Waals surface area contributed by atoms with Gasteiger partial charge >= 0.3 is 0 Å². The predicted octanol–water partition coefficient (Wildman–Crippen LogP) is 3.44. The molecule has 0 amide bonds. The van der Waals surface area contributed by atoms with Crippen LogP contribution in [-0.4, -0.2) is 25.2 Å². The summed E-state index contributed by atoms with van der Waals surface area (Å²) in [4.78, 5) is 0. The number of rotatable bonds is 6. The van der Waals surface area contributed by atoms with Crippen LogP contribution in [0.15, 0.2) is 24.3 Å². The van der Waals surface area contributed by atoms with E-state index in [2.05, 4.69) is 48.7 Å². The number of benzene rings is 1. The molecular formula is C18H30N2. The van der Waals surface area contributed by atoms with Crippen LogP contribution in [0.4, 0.5) is 0 Å². The van der Waals surface area contributed by atoms with E-state index in [0.29, 0.717) is 6.04 Å². The van der Waals surface area contributed by atoms with Gasteiger partial charge in [0.05, 0.1) is 0 Å². The highest BCUT2D eigenvalue weighted by Crippen LogP contribution is 2.13. The lowest BCUT2D eigenvalue weighted by atomic mass is 10.0. The molecule has 1 saturated heterocycles. The summed E-state index contributed by atoms with van der Waals surface area (Å²) in [6, 6.07) is 10.0. The third kappa shape index (κ3) is 5.26. The van der Waals surface area contributed by atoms with Crippen molar-refractivity contribution in [2.75, 3.05) is 13.1 Å². The second-order valence-corrected chi connectivity index (χ2v) is 6.27. The molecule has 2 atom stereocenters. The Bertz CT molecular complexity index is 381. The minimum atomic E-state index is 0.606. The van der Waals surface area contributed by atoms with Crippen molar-refractivity contribution in [2.45, 2.75) is 64.5 Å². The molecule has 20 heavy (non-hydrogen) atoms. The van der Waals surface area contributed by atoms with Crippen molar-refractivity contribution in [1.82, 2.24) is 10.6 Å². The molecule has 1 fully saturated rings. The molecule has 112 valence electrons. The first kappa shape index (κ1) is 15.5. The summed E-state index contributed by atoms with van der Waals surface area (Å²) in [5, 5.41) is 7.38. The van der Waals surface area contributed by atoms with Crippen LogP contribution in [0.2, 0.25) is 0 Å². The molecule has 2 unspecified atom stereocenters. The highest BCUT2D eigenvalue weighted by Gasteiger charge is 2.14. The zero-order chi connectivity index (χ0) is 14.2. The third-order valence-corrected chi connectivity index (χ3v) is 4.45. The predicted molar refractivity (Wildman–Crippen MR) is 87.2 cm³/mol. The lowest BCUT2D eigenvalue weighted by Crippen LogP contribution is -2.37. The van der Waals surface area contributed by atoms with E-state index < -0.39 is 0 Å². The maximum atomic E-state index is 3.69. The number of hydrogen-bond donors (Lipinski definition) is 2. The maximum absolute atomic E-state index is 3.69. The van der Waals surface area contributed by atoms with E-state index in [1.54, 1.807) is 0 Å². The molecule has 2 nitrogen and oxygen atoms in total. The first-order valence-corrected chi connectivity index (χ1v) is 8.27. The minimum Gasteiger partial charge on any atom is -0.314 e. The molecule has 1 aliphatic rings. The fourth-order valence-electron chi connectivity index (χ4n) is 3.16. The first-order chi connectivity index (χ1) is 9.75. The van der Waals surface area contributed by atoms with Gasteiger partial charge in [-0.2, -0.15) is 0 Å². The second kappa shape index (κ2) is 8.43. The maximum Gasteiger partial charge on any atom is 0.00817 e. The fourth-order valence-corrected chi connectivity index (χ4v) is 3.16. The van der Waals surface area contributed by atoms with Crippen LogP contribution in [-0.2, 0) is 6.42 Å². The van der Waals surface area contributed by atoms with Crippen LogP contribution in [0.25, 0.3) is 0 Å². The Balaban J connectivity index is 1.67. The lowest BCUT2D eigenvalue weighted by molar-refractivity contribution is 0.404. The molecule has 1 aromatic rings. The van der Waals surface area contributed by atoms with Crippen molar-refractivity contribution >= 4 is 0 Å². The van der Waals surface area contributed by atoms with Crippen molar-refractivity contribution in [3.63, 3.8) is 0 Å². The van der Waals surface area contributed by atoms with E-state index in [0.717, 1.165) is 19.0 Å². The lowest BCUT2D eigenvalue weighted by Gasteiger charge is -2.21. The van der Waals surface area contributed by atoms with Gasteiger partial charge in [-0.1, -0.05) is 37.1 Å². The Labute approximate surface area is 124 Å². The number of nitrogens with one attached hydrogen (secondary N) is 2. The van der Waals surface area contributed by atoms with E-state index in [4.69, 9.17) is 0 Å². The minimum absolute atomic E-state index is 0.606. The normalized spacial score (nSPS) is 21.4. The van der Waals surface area contributed by atoms with Gasteiger partial charge in [-0.25, -0.2) is 0 Å². The molecule has 1 aliphatic heterocycles. The fraction of sp³-hybridized carbons (Fsp3) is 0.667. The average Bonchev–Trinajstić information content (AvgIpc) is 2.69. The van der Waals surface area contributed by atoms with Gasteiger partial charge in [-0.05, 0) is 63.7 Å². The summed E-state index contributed by atoms with van der Waals surface area (Å²) >= 11 is 0. The highest BCUT2D eigenvalue weighted by molar-refractivity contribution is 5.25. The molecule has 0 spiro atoms. The SMILES string of the molecule is Cc1ccccc1CCNC(C)CC1CCCCCN1. The highest BCUT2D eigenvalue weighted by atomic mass is 14.9. The number of aryl methyl sites for hydroxylation is 1. The molecule has 2 rings (SSSR count). The summed E-state index contributed by atoms with van der Waals surface area (Å²) in [5.41, 5.74) is 2.88. The Hall–Kier alpha value is -0.860. The number of hydrogen-bond acceptors (Lipinski definition) is 2. The Morgan fingerprint density at radius 3 is 2.95 bits per heavy atom. The van der Waals surface area contributed by atoms with Crippen LogP contribution >= 0.6 is 0 Å². The van der Waals surface area contributed by atoms with Crippen molar-refractivity contribution < 1.29 is 0 Å². The molecule has 0 saturated carbocycles. The van der Waals surface area contributed by atoms with Crippen molar-refractivity contribution in [2.24, 2.45) is 0 Å². The molecule has 2 heteroatoms. The topological polar surface area (TPSA) is 24.1 Å². The van der Waals surface area contributed by atoms with Crippen molar-refractivity contribution in [3.8, 4) is 0 Å². The molecule has 0 bridgehead atoms. The van der Waals surface area contributed by atoms with Gasteiger partial charge in [-0.3, -0.25) is 0 Å². The summed E-state index contributed by atoms with van der Waals surface area (Å²) < 4.78 is 0. The van der Waals surface area contributed by atoms with Gasteiger partial charge in [0.25, 0.3) is 0 Å². The van der Waals surface area contributed by atoms with Crippen molar-refractivity contribution in [3.05, 3.63) is 35.4 Å². The monoisotopic (exact) mass is 274 g/mol. The smallest absolute Gasteiger partial charge is 0.00817 e. The van der Waals surface area contributed by atoms with Gasteiger partial charge < -0.3 is 10.6 Å². The van der Waals surface area contributed by atoms with E-state index in [-0.39, 0.29) is 0 Å². The Kier molecular flexibility index (Phi) is 6.55. The third-order valence-electron chi connectivity index (χ3n) is 4.45. The molecule has 2 N–H and O–H groups in total. The van der Waals surface area contributed by atoms with E-state index in [1.165, 1.54) is 49.8 Å².